The van der Waals surface area contributed by atoms with Gasteiger partial charge in [-0.25, -0.2) is 9.37 Å². The average molecular weight is 368 g/mol. The lowest BCUT2D eigenvalue weighted by molar-refractivity contribution is -0.137. The zero-order valence-electron chi connectivity index (χ0n) is 13.6. The summed E-state index contributed by atoms with van der Waals surface area (Å²) in [7, 11) is 0. The first-order valence-corrected chi connectivity index (χ1v) is 7.88. The van der Waals surface area contributed by atoms with Crippen molar-refractivity contribution in [1.29, 1.82) is 0 Å². The Bertz CT molecular complexity index is 771. The van der Waals surface area contributed by atoms with Crippen LogP contribution in [0.15, 0.2) is 41.6 Å². The van der Waals surface area contributed by atoms with Gasteiger partial charge in [0.15, 0.2) is 0 Å². The van der Waals surface area contributed by atoms with Crippen LogP contribution < -0.4 is 10.3 Å². The Labute approximate surface area is 147 Å². The van der Waals surface area contributed by atoms with E-state index in [1.54, 1.807) is 12.1 Å². The van der Waals surface area contributed by atoms with Gasteiger partial charge >= 0.3 is 6.18 Å². The Hall–Kier alpha value is -2.68. The number of nitrogens with zero attached hydrogens (tertiary/aromatic N) is 3. The lowest BCUT2D eigenvalue weighted by Crippen LogP contribution is -2.36. The number of hydrogen-bond donors (Lipinski definition) is 1. The van der Waals surface area contributed by atoms with Gasteiger partial charge in [-0.1, -0.05) is 6.07 Å². The van der Waals surface area contributed by atoms with Crippen LogP contribution in [0.25, 0.3) is 0 Å². The predicted octanol–water partition coefficient (Wildman–Crippen LogP) is 3.52. The molecule has 1 aromatic carbocycles. The van der Waals surface area contributed by atoms with Crippen LogP contribution in [-0.2, 0) is 10.9 Å². The van der Waals surface area contributed by atoms with Gasteiger partial charge in [-0.3, -0.25) is 5.43 Å². The van der Waals surface area contributed by atoms with Crippen LogP contribution in [0.5, 0.6) is 0 Å². The summed E-state index contributed by atoms with van der Waals surface area (Å²) in [5.74, 6) is -0.219. The van der Waals surface area contributed by atoms with Gasteiger partial charge in [0.05, 0.1) is 30.7 Å². The normalized spacial score (nSPS) is 15.5. The lowest BCUT2D eigenvalue weighted by atomic mass is 10.2. The molecule has 2 heterocycles. The molecule has 26 heavy (non-hydrogen) atoms. The molecular weight excluding hydrogens is 352 g/mol. The van der Waals surface area contributed by atoms with Crippen LogP contribution in [0.1, 0.15) is 11.1 Å². The van der Waals surface area contributed by atoms with E-state index in [0.29, 0.717) is 43.8 Å². The van der Waals surface area contributed by atoms with E-state index in [1.807, 2.05) is 4.90 Å². The van der Waals surface area contributed by atoms with Crippen molar-refractivity contribution in [2.45, 2.75) is 6.18 Å². The van der Waals surface area contributed by atoms with Gasteiger partial charge < -0.3 is 9.64 Å². The summed E-state index contributed by atoms with van der Waals surface area (Å²) in [6, 6.07) is 6.79. The van der Waals surface area contributed by atoms with Crippen molar-refractivity contribution in [3.05, 3.63) is 53.5 Å². The van der Waals surface area contributed by atoms with Gasteiger partial charge in [0.2, 0.25) is 0 Å². The summed E-state index contributed by atoms with van der Waals surface area (Å²) in [5.41, 5.74) is 2.69. The summed E-state index contributed by atoms with van der Waals surface area (Å²) in [5, 5.41) is 3.87. The van der Waals surface area contributed by atoms with E-state index >= 15 is 0 Å². The van der Waals surface area contributed by atoms with E-state index in [2.05, 4.69) is 15.5 Å². The van der Waals surface area contributed by atoms with Gasteiger partial charge in [0.1, 0.15) is 11.6 Å². The second-order valence-electron chi connectivity index (χ2n) is 5.61. The van der Waals surface area contributed by atoms with E-state index < -0.39 is 11.7 Å². The molecule has 0 saturated carbocycles. The third-order valence-electron chi connectivity index (χ3n) is 3.81. The number of nitrogens with one attached hydrogen (secondary N) is 1. The monoisotopic (exact) mass is 368 g/mol. The van der Waals surface area contributed by atoms with Crippen molar-refractivity contribution in [1.82, 2.24) is 4.98 Å². The number of halogens is 4. The molecule has 0 unspecified atom stereocenters. The number of morpholine rings is 1. The Morgan fingerprint density at radius 1 is 1.15 bits per heavy atom. The fraction of sp³-hybridized carbons (Fsp3) is 0.294. The Morgan fingerprint density at radius 2 is 1.92 bits per heavy atom. The summed E-state index contributed by atoms with van der Waals surface area (Å²) in [6.45, 7) is 2.39. The maximum atomic E-state index is 14.3. The second kappa shape index (κ2) is 7.69. The zero-order chi connectivity index (χ0) is 18.6. The van der Waals surface area contributed by atoms with Crippen molar-refractivity contribution in [3.8, 4) is 0 Å². The molecule has 9 heteroatoms. The number of hydrazone groups is 1. The van der Waals surface area contributed by atoms with E-state index in [0.717, 1.165) is 6.07 Å². The summed E-state index contributed by atoms with van der Waals surface area (Å²) >= 11 is 0. The van der Waals surface area contributed by atoms with Crippen LogP contribution >= 0.6 is 0 Å². The van der Waals surface area contributed by atoms with Crippen LogP contribution in [0, 0.1) is 5.82 Å². The van der Waals surface area contributed by atoms with Gasteiger partial charge in [-0.15, -0.1) is 0 Å². The van der Waals surface area contributed by atoms with E-state index in [-0.39, 0.29) is 11.6 Å². The average Bonchev–Trinajstić information content (AvgIpc) is 2.62. The second-order valence-corrected chi connectivity index (χ2v) is 5.61. The minimum Gasteiger partial charge on any atom is -0.378 e. The standard InChI is InChI=1S/C17H16F4N4O/c18-14-9-12(1-3-15(14)25-5-7-26-8-6-25)10-23-24-16-4-2-13(11-22-16)17(19,20)21/h1-4,9-11H,5-8H2,(H,22,24)/b23-10+. The fourth-order valence-corrected chi connectivity index (χ4v) is 2.46. The van der Waals surface area contributed by atoms with E-state index in [9.17, 15) is 17.6 Å². The van der Waals surface area contributed by atoms with Crippen LogP contribution in [0.2, 0.25) is 0 Å². The number of benzene rings is 1. The highest BCUT2D eigenvalue weighted by molar-refractivity contribution is 5.81. The molecule has 0 amide bonds. The molecule has 1 fully saturated rings. The number of hydrogen-bond acceptors (Lipinski definition) is 5. The predicted molar refractivity (Wildman–Crippen MR) is 89.9 cm³/mol. The summed E-state index contributed by atoms with van der Waals surface area (Å²) in [4.78, 5) is 5.54. The highest BCUT2D eigenvalue weighted by Gasteiger charge is 2.30. The topological polar surface area (TPSA) is 49.8 Å². The molecular formula is C17H16F4N4O. The quantitative estimate of drug-likeness (QED) is 0.510. The summed E-state index contributed by atoms with van der Waals surface area (Å²) in [6.07, 6.45) is -2.35. The van der Waals surface area contributed by atoms with Crippen molar-refractivity contribution in [2.24, 2.45) is 5.10 Å². The number of aromatic nitrogens is 1. The number of ether oxygens (including phenoxy) is 1. The molecule has 138 valence electrons. The molecule has 0 spiro atoms. The molecule has 1 aliphatic rings. The smallest absolute Gasteiger partial charge is 0.378 e. The number of rotatable bonds is 4. The van der Waals surface area contributed by atoms with Gasteiger partial charge in [0, 0.05) is 19.3 Å². The Kier molecular flexibility index (Phi) is 5.36. The highest BCUT2D eigenvalue weighted by Crippen LogP contribution is 2.28. The third kappa shape index (κ3) is 4.48. The molecule has 1 aliphatic heterocycles. The van der Waals surface area contributed by atoms with Gasteiger partial charge in [-0.2, -0.15) is 18.3 Å². The highest BCUT2D eigenvalue weighted by atomic mass is 19.4. The molecule has 3 rings (SSSR count). The fourth-order valence-electron chi connectivity index (χ4n) is 2.46. The van der Waals surface area contributed by atoms with Crippen LogP contribution in [0.4, 0.5) is 29.1 Å². The molecule has 1 saturated heterocycles. The van der Waals surface area contributed by atoms with E-state index in [4.69, 9.17) is 4.74 Å². The maximum Gasteiger partial charge on any atom is 0.417 e. The molecule has 1 aromatic heterocycles. The van der Waals surface area contributed by atoms with Gasteiger partial charge in [0.25, 0.3) is 0 Å². The molecule has 5 nitrogen and oxygen atoms in total. The number of alkyl halides is 3. The van der Waals surface area contributed by atoms with Crippen LogP contribution in [0.3, 0.4) is 0 Å². The molecule has 0 aliphatic carbocycles. The Morgan fingerprint density at radius 3 is 2.54 bits per heavy atom. The first-order valence-electron chi connectivity index (χ1n) is 7.88. The third-order valence-corrected chi connectivity index (χ3v) is 3.81. The SMILES string of the molecule is Fc1cc(/C=N/Nc2ccc(C(F)(F)F)cn2)ccc1N1CCOCC1. The molecule has 1 N–H and O–H groups in total. The number of pyridine rings is 1. The molecule has 0 atom stereocenters. The first kappa shape index (κ1) is 18.1. The van der Waals surface area contributed by atoms with Gasteiger partial charge in [-0.05, 0) is 29.8 Å². The lowest BCUT2D eigenvalue weighted by Gasteiger charge is -2.29. The molecule has 0 radical (unpaired) electrons. The minimum absolute atomic E-state index is 0.152. The maximum absolute atomic E-state index is 14.3. The van der Waals surface area contributed by atoms with E-state index in [1.165, 1.54) is 18.3 Å². The van der Waals surface area contributed by atoms with Crippen molar-refractivity contribution in [3.63, 3.8) is 0 Å². The van der Waals surface area contributed by atoms with Crippen LogP contribution in [-0.4, -0.2) is 37.5 Å². The minimum atomic E-state index is -4.44. The largest absolute Gasteiger partial charge is 0.417 e. The molecule has 0 bridgehead atoms. The first-order chi connectivity index (χ1) is 12.4. The summed E-state index contributed by atoms with van der Waals surface area (Å²) < 4.78 is 56.9. The zero-order valence-corrected chi connectivity index (χ0v) is 13.6. The number of anilines is 2. The van der Waals surface area contributed by atoms with Crippen molar-refractivity contribution < 1.29 is 22.3 Å². The Balaban J connectivity index is 1.62. The van der Waals surface area contributed by atoms with Crippen molar-refractivity contribution in [2.75, 3.05) is 36.6 Å². The van der Waals surface area contributed by atoms with Crippen molar-refractivity contribution >= 4 is 17.7 Å². The molecule has 2 aromatic rings.